The Morgan fingerprint density at radius 2 is 1.13 bits per heavy atom. The normalized spacial score (nSPS) is 48.4. The fourth-order valence-corrected chi connectivity index (χ4v) is 9.80. The molecule has 0 radical (unpaired) electrons. The zero-order valence-electron chi connectivity index (χ0n) is 18.2. The fraction of sp³-hybridized carbons (Fsp3) is 0.741. The smallest absolute Gasteiger partial charge is 0.156 e. The molecule has 30 heavy (non-hydrogen) atoms. The molecule has 1 N–H and O–H groups in total. The van der Waals surface area contributed by atoms with Crippen LogP contribution >= 0.6 is 0 Å². The number of amidine groups is 1. The van der Waals surface area contributed by atoms with Crippen LogP contribution < -0.4 is 0 Å². The molecule has 8 saturated carbocycles. The van der Waals surface area contributed by atoms with E-state index in [0.29, 0.717) is 0 Å². The van der Waals surface area contributed by atoms with Crippen LogP contribution in [0.4, 0.5) is 0 Å². The van der Waals surface area contributed by atoms with Crippen LogP contribution in [0.25, 0.3) is 0 Å². The summed E-state index contributed by atoms with van der Waals surface area (Å²) >= 11 is 0. The third-order valence-electron chi connectivity index (χ3n) is 10.0. The summed E-state index contributed by atoms with van der Waals surface area (Å²) in [5.41, 5.74) is 1.14. The molecule has 8 bridgehead atoms. The molecule has 1 aromatic carbocycles. The molecule has 0 spiro atoms. The summed E-state index contributed by atoms with van der Waals surface area (Å²) in [6.07, 6.45) is 15.8. The van der Waals surface area contributed by atoms with Crippen molar-refractivity contribution in [1.82, 2.24) is 5.06 Å². The van der Waals surface area contributed by atoms with Gasteiger partial charge in [-0.2, -0.15) is 0 Å². The predicted molar refractivity (Wildman–Crippen MR) is 118 cm³/mol. The zero-order valence-corrected chi connectivity index (χ0v) is 18.2. The van der Waals surface area contributed by atoms with Crippen LogP contribution in [-0.2, 0) is 0 Å². The molecular weight excluding hydrogens is 368 g/mol. The molecule has 9 rings (SSSR count). The molecule has 3 nitrogen and oxygen atoms in total. The molecule has 0 heterocycles. The van der Waals surface area contributed by atoms with Gasteiger partial charge in [-0.15, -0.1) is 0 Å². The second-order valence-corrected chi connectivity index (χ2v) is 12.4. The number of rotatable bonds is 3. The highest BCUT2D eigenvalue weighted by Gasteiger charge is 2.56. The largest absolute Gasteiger partial charge is 0.286 e. The van der Waals surface area contributed by atoms with Gasteiger partial charge in [0.05, 0.1) is 11.1 Å². The van der Waals surface area contributed by atoms with Gasteiger partial charge >= 0.3 is 0 Å². The lowest BCUT2D eigenvalue weighted by molar-refractivity contribution is -0.180. The van der Waals surface area contributed by atoms with Crippen molar-refractivity contribution in [2.75, 3.05) is 0 Å². The summed E-state index contributed by atoms with van der Waals surface area (Å²) in [5, 5.41) is 13.7. The maximum atomic E-state index is 11.9. The van der Waals surface area contributed by atoms with Crippen molar-refractivity contribution in [2.24, 2.45) is 40.5 Å². The van der Waals surface area contributed by atoms with E-state index in [4.69, 9.17) is 4.99 Å². The first-order valence-corrected chi connectivity index (χ1v) is 12.7. The lowest BCUT2D eigenvalue weighted by atomic mass is 9.52. The topological polar surface area (TPSA) is 35.8 Å². The minimum Gasteiger partial charge on any atom is -0.286 e. The Morgan fingerprint density at radius 1 is 0.700 bits per heavy atom. The average molecular weight is 405 g/mol. The molecule has 8 aliphatic rings. The number of hydrogen-bond acceptors (Lipinski definition) is 2. The van der Waals surface area contributed by atoms with Crippen LogP contribution in [-0.4, -0.2) is 27.2 Å². The summed E-state index contributed by atoms with van der Waals surface area (Å²) in [6, 6.07) is 10.6. The minimum atomic E-state index is -0.0638. The van der Waals surface area contributed by atoms with Gasteiger partial charge in [0.25, 0.3) is 0 Å². The van der Waals surface area contributed by atoms with Gasteiger partial charge in [-0.25, -0.2) is 5.06 Å². The standard InChI is InChI=1S/C27H36N2O/c30-29(27-15-21-9-22(16-27)11-23(10-21)17-27)25(24-4-2-1-3-5-24)28-26-12-18-6-19(13-26)8-20(7-18)14-26/h1-5,18-23,30H,6-17H2/b28-25+. The Balaban J connectivity index is 1.30. The van der Waals surface area contributed by atoms with Crippen LogP contribution in [0, 0.1) is 35.5 Å². The molecule has 0 saturated heterocycles. The van der Waals surface area contributed by atoms with E-state index in [1.54, 1.807) is 5.06 Å². The SMILES string of the molecule is ON(/C(=N/C12CC3CC(CC(C3)C1)C2)c1ccccc1)C12CC3CC(CC(C3)C1)C2. The number of nitrogens with zero attached hydrogens (tertiary/aromatic N) is 2. The lowest BCUT2D eigenvalue weighted by Gasteiger charge is -2.59. The van der Waals surface area contributed by atoms with Crippen molar-refractivity contribution in [3.8, 4) is 0 Å². The molecule has 0 aromatic heterocycles. The molecule has 3 heteroatoms. The van der Waals surface area contributed by atoms with Gasteiger partial charge in [0.15, 0.2) is 5.84 Å². The molecular formula is C27H36N2O. The summed E-state index contributed by atoms with van der Waals surface area (Å²) < 4.78 is 0. The number of benzene rings is 1. The van der Waals surface area contributed by atoms with E-state index in [1.807, 2.05) is 0 Å². The van der Waals surface area contributed by atoms with E-state index in [2.05, 4.69) is 30.3 Å². The first-order valence-electron chi connectivity index (χ1n) is 12.7. The van der Waals surface area contributed by atoms with Crippen LogP contribution in [0.15, 0.2) is 35.3 Å². The number of aliphatic imine (C=N–C) groups is 1. The second-order valence-electron chi connectivity index (χ2n) is 12.4. The van der Waals surface area contributed by atoms with E-state index in [1.165, 1.54) is 77.0 Å². The van der Waals surface area contributed by atoms with Crippen molar-refractivity contribution >= 4 is 5.84 Å². The second kappa shape index (κ2) is 6.34. The van der Waals surface area contributed by atoms with Crippen LogP contribution in [0.1, 0.15) is 82.6 Å². The third kappa shape index (κ3) is 2.76. The zero-order chi connectivity index (χ0) is 19.9. The van der Waals surface area contributed by atoms with Crippen LogP contribution in [0.3, 0.4) is 0 Å². The maximum Gasteiger partial charge on any atom is 0.156 e. The van der Waals surface area contributed by atoms with E-state index in [9.17, 15) is 5.21 Å². The van der Waals surface area contributed by atoms with Gasteiger partial charge in [-0.1, -0.05) is 30.3 Å². The molecule has 1 aromatic rings. The summed E-state index contributed by atoms with van der Waals surface area (Å²) in [6.45, 7) is 0. The monoisotopic (exact) mass is 404 g/mol. The van der Waals surface area contributed by atoms with Crippen molar-refractivity contribution in [1.29, 1.82) is 0 Å². The van der Waals surface area contributed by atoms with E-state index >= 15 is 0 Å². The van der Waals surface area contributed by atoms with Gasteiger partial charge in [0.2, 0.25) is 0 Å². The van der Waals surface area contributed by atoms with Gasteiger partial charge in [-0.05, 0) is 113 Å². The molecule has 0 unspecified atom stereocenters. The maximum absolute atomic E-state index is 11.9. The first kappa shape index (κ1) is 18.2. The Morgan fingerprint density at radius 3 is 1.60 bits per heavy atom. The van der Waals surface area contributed by atoms with Crippen LogP contribution in [0.2, 0.25) is 0 Å². The third-order valence-corrected chi connectivity index (χ3v) is 10.0. The van der Waals surface area contributed by atoms with E-state index < -0.39 is 0 Å². The van der Waals surface area contributed by atoms with Gasteiger partial charge < -0.3 is 0 Å². The van der Waals surface area contributed by atoms with Crippen molar-refractivity contribution in [3.05, 3.63) is 35.9 Å². The summed E-state index contributed by atoms with van der Waals surface area (Å²) in [4.78, 5) is 5.59. The fourth-order valence-electron chi connectivity index (χ4n) is 9.80. The summed E-state index contributed by atoms with van der Waals surface area (Å²) in [5.74, 6) is 6.00. The Bertz CT molecular complexity index is 788. The van der Waals surface area contributed by atoms with Gasteiger partial charge in [0, 0.05) is 5.56 Å². The Kier molecular flexibility index (Phi) is 3.86. The molecule has 160 valence electrons. The van der Waals surface area contributed by atoms with Crippen molar-refractivity contribution < 1.29 is 5.21 Å². The minimum absolute atomic E-state index is 0.0638. The molecule has 8 fully saturated rings. The predicted octanol–water partition coefficient (Wildman–Crippen LogP) is 6.06. The lowest BCUT2D eigenvalue weighted by Crippen LogP contribution is -2.61. The van der Waals surface area contributed by atoms with E-state index in [-0.39, 0.29) is 11.1 Å². The molecule has 0 atom stereocenters. The van der Waals surface area contributed by atoms with Crippen molar-refractivity contribution in [2.45, 2.75) is 88.1 Å². The first-order chi connectivity index (χ1) is 14.6. The Hall–Kier alpha value is -1.35. The quantitative estimate of drug-likeness (QED) is 0.377. The molecule has 0 amide bonds. The van der Waals surface area contributed by atoms with Crippen LogP contribution in [0.5, 0.6) is 0 Å². The van der Waals surface area contributed by atoms with Gasteiger partial charge in [-0.3, -0.25) is 10.2 Å². The number of hydroxylamine groups is 2. The van der Waals surface area contributed by atoms with Crippen molar-refractivity contribution in [3.63, 3.8) is 0 Å². The van der Waals surface area contributed by atoms with Gasteiger partial charge in [0.1, 0.15) is 0 Å². The molecule has 0 aliphatic heterocycles. The average Bonchev–Trinajstić information content (AvgIpc) is 2.70. The molecule has 8 aliphatic carbocycles. The summed E-state index contributed by atoms with van der Waals surface area (Å²) in [7, 11) is 0. The Labute approximate surface area is 180 Å². The highest BCUT2D eigenvalue weighted by Crippen LogP contribution is 2.59. The highest BCUT2D eigenvalue weighted by atomic mass is 16.5. The number of hydrogen-bond donors (Lipinski definition) is 1. The highest BCUT2D eigenvalue weighted by molar-refractivity contribution is 5.98. The van der Waals surface area contributed by atoms with E-state index in [0.717, 1.165) is 46.9 Å².